The van der Waals surface area contributed by atoms with Gasteiger partial charge < -0.3 is 10.1 Å². The number of likely N-dealkylation sites (N-methyl/N-ethyl adjacent to an activating group) is 1. The number of hydrogen-bond acceptors (Lipinski definition) is 5. The zero-order chi connectivity index (χ0) is 12.8. The van der Waals surface area contributed by atoms with Crippen LogP contribution in [0.1, 0.15) is 15.6 Å². The molecule has 2 aromatic rings. The average Bonchev–Trinajstić information content (AvgIpc) is 2.84. The number of benzene rings is 1. The maximum absolute atomic E-state index is 5.66. The van der Waals surface area contributed by atoms with Gasteiger partial charge in [0.05, 0.1) is 0 Å². The second-order valence-corrected chi connectivity index (χ2v) is 5.19. The molecule has 0 aliphatic heterocycles. The molecule has 0 saturated carbocycles. The van der Waals surface area contributed by atoms with Crippen LogP contribution in [0.4, 0.5) is 0 Å². The minimum absolute atomic E-state index is 0.486. The molecular formula is C13H17N3OS. The van der Waals surface area contributed by atoms with Crippen LogP contribution in [0.25, 0.3) is 0 Å². The lowest BCUT2D eigenvalue weighted by Gasteiger charge is -2.03. The van der Waals surface area contributed by atoms with E-state index in [1.54, 1.807) is 11.3 Å². The number of nitrogens with one attached hydrogen (secondary N) is 1. The minimum atomic E-state index is 0.486. The SMILES string of the molecule is CNCCc1nnc(COc2ccc(C)cc2)s1. The van der Waals surface area contributed by atoms with Gasteiger partial charge in [-0.05, 0) is 26.1 Å². The van der Waals surface area contributed by atoms with E-state index in [-0.39, 0.29) is 0 Å². The Balaban J connectivity index is 1.86. The van der Waals surface area contributed by atoms with E-state index in [9.17, 15) is 0 Å². The lowest BCUT2D eigenvalue weighted by molar-refractivity contribution is 0.304. The number of rotatable bonds is 6. The van der Waals surface area contributed by atoms with E-state index < -0.39 is 0 Å². The summed E-state index contributed by atoms with van der Waals surface area (Å²) in [6.45, 7) is 3.47. The van der Waals surface area contributed by atoms with Crippen LogP contribution in [0.5, 0.6) is 5.75 Å². The molecule has 1 N–H and O–H groups in total. The van der Waals surface area contributed by atoms with Crippen LogP contribution in [0.2, 0.25) is 0 Å². The van der Waals surface area contributed by atoms with Gasteiger partial charge in [0.15, 0.2) is 5.01 Å². The molecule has 18 heavy (non-hydrogen) atoms. The van der Waals surface area contributed by atoms with Crippen molar-refractivity contribution in [3.63, 3.8) is 0 Å². The Morgan fingerprint density at radius 3 is 2.61 bits per heavy atom. The molecular weight excluding hydrogens is 246 g/mol. The molecule has 4 nitrogen and oxygen atoms in total. The van der Waals surface area contributed by atoms with E-state index in [1.807, 2.05) is 31.3 Å². The zero-order valence-corrected chi connectivity index (χ0v) is 11.5. The molecule has 5 heteroatoms. The fourth-order valence-electron chi connectivity index (χ4n) is 1.46. The summed E-state index contributed by atoms with van der Waals surface area (Å²) in [5.41, 5.74) is 1.23. The van der Waals surface area contributed by atoms with E-state index >= 15 is 0 Å². The van der Waals surface area contributed by atoms with Gasteiger partial charge in [-0.25, -0.2) is 0 Å². The molecule has 1 heterocycles. The largest absolute Gasteiger partial charge is 0.486 e. The van der Waals surface area contributed by atoms with Gasteiger partial charge in [-0.3, -0.25) is 0 Å². The van der Waals surface area contributed by atoms with Crippen molar-refractivity contribution >= 4 is 11.3 Å². The summed E-state index contributed by atoms with van der Waals surface area (Å²) in [6.07, 6.45) is 0.915. The maximum Gasteiger partial charge on any atom is 0.155 e. The van der Waals surface area contributed by atoms with Gasteiger partial charge in [0.2, 0.25) is 0 Å². The predicted octanol–water partition coefficient (Wildman–Crippen LogP) is 2.19. The van der Waals surface area contributed by atoms with Crippen LogP contribution >= 0.6 is 11.3 Å². The predicted molar refractivity (Wildman–Crippen MR) is 73.1 cm³/mol. The molecule has 0 atom stereocenters. The summed E-state index contributed by atoms with van der Waals surface area (Å²) in [4.78, 5) is 0. The van der Waals surface area contributed by atoms with E-state index in [0.29, 0.717) is 6.61 Å². The van der Waals surface area contributed by atoms with Gasteiger partial charge in [-0.1, -0.05) is 29.0 Å². The highest BCUT2D eigenvalue weighted by molar-refractivity contribution is 7.11. The Bertz CT molecular complexity index is 481. The van der Waals surface area contributed by atoms with Gasteiger partial charge in [0.25, 0.3) is 0 Å². The first-order chi connectivity index (χ1) is 8.78. The Kier molecular flexibility index (Phi) is 4.66. The summed E-state index contributed by atoms with van der Waals surface area (Å²) in [6, 6.07) is 8.01. The first kappa shape index (κ1) is 13.0. The molecule has 0 spiro atoms. The Morgan fingerprint density at radius 1 is 1.17 bits per heavy atom. The second-order valence-electron chi connectivity index (χ2n) is 4.04. The van der Waals surface area contributed by atoms with Crippen molar-refractivity contribution < 1.29 is 4.74 Å². The summed E-state index contributed by atoms with van der Waals surface area (Å²) in [5, 5.41) is 13.3. The van der Waals surface area contributed by atoms with Crippen molar-refractivity contribution in [1.82, 2.24) is 15.5 Å². The summed E-state index contributed by atoms with van der Waals surface area (Å²) in [7, 11) is 1.93. The Hall–Kier alpha value is -1.46. The third-order valence-electron chi connectivity index (χ3n) is 2.48. The lowest BCUT2D eigenvalue weighted by atomic mass is 10.2. The van der Waals surface area contributed by atoms with Crippen molar-refractivity contribution in [3.05, 3.63) is 39.8 Å². The maximum atomic E-state index is 5.66. The molecule has 2 rings (SSSR count). The summed E-state index contributed by atoms with van der Waals surface area (Å²) >= 11 is 1.61. The lowest BCUT2D eigenvalue weighted by Crippen LogP contribution is -2.09. The highest BCUT2D eigenvalue weighted by Gasteiger charge is 2.04. The van der Waals surface area contributed by atoms with Gasteiger partial charge in [0, 0.05) is 13.0 Å². The van der Waals surface area contributed by atoms with Crippen LogP contribution in [0.3, 0.4) is 0 Å². The highest BCUT2D eigenvalue weighted by Crippen LogP contribution is 2.16. The van der Waals surface area contributed by atoms with Crippen LogP contribution < -0.4 is 10.1 Å². The smallest absolute Gasteiger partial charge is 0.155 e. The van der Waals surface area contributed by atoms with Crippen molar-refractivity contribution in [2.75, 3.05) is 13.6 Å². The molecule has 0 unspecified atom stereocenters. The number of hydrogen-bond donors (Lipinski definition) is 1. The highest BCUT2D eigenvalue weighted by atomic mass is 32.1. The van der Waals surface area contributed by atoms with Gasteiger partial charge in [0.1, 0.15) is 17.4 Å². The molecule has 0 aliphatic carbocycles. The number of aromatic nitrogens is 2. The van der Waals surface area contributed by atoms with E-state index in [4.69, 9.17) is 4.74 Å². The number of ether oxygens (including phenoxy) is 1. The van der Waals surface area contributed by atoms with Crippen molar-refractivity contribution in [2.24, 2.45) is 0 Å². The fourth-order valence-corrected chi connectivity index (χ4v) is 2.22. The number of nitrogens with zero attached hydrogens (tertiary/aromatic N) is 2. The van der Waals surface area contributed by atoms with Gasteiger partial charge in [-0.15, -0.1) is 10.2 Å². The minimum Gasteiger partial charge on any atom is -0.486 e. The van der Waals surface area contributed by atoms with Crippen molar-refractivity contribution in [1.29, 1.82) is 0 Å². The topological polar surface area (TPSA) is 47.0 Å². The van der Waals surface area contributed by atoms with Gasteiger partial charge >= 0.3 is 0 Å². The molecule has 0 radical (unpaired) electrons. The van der Waals surface area contributed by atoms with Crippen LogP contribution in [-0.4, -0.2) is 23.8 Å². The molecule has 0 fully saturated rings. The summed E-state index contributed by atoms with van der Waals surface area (Å²) < 4.78 is 5.66. The third-order valence-corrected chi connectivity index (χ3v) is 3.44. The Morgan fingerprint density at radius 2 is 1.89 bits per heavy atom. The van der Waals surface area contributed by atoms with Crippen molar-refractivity contribution in [3.8, 4) is 5.75 Å². The van der Waals surface area contributed by atoms with E-state index in [2.05, 4.69) is 22.4 Å². The van der Waals surface area contributed by atoms with Crippen LogP contribution in [0, 0.1) is 6.92 Å². The summed E-state index contributed by atoms with van der Waals surface area (Å²) in [5.74, 6) is 0.868. The first-order valence-corrected chi connectivity index (χ1v) is 6.75. The van der Waals surface area contributed by atoms with E-state index in [1.165, 1.54) is 5.56 Å². The molecule has 1 aromatic heterocycles. The Labute approximate surface area is 111 Å². The van der Waals surface area contributed by atoms with Gasteiger partial charge in [-0.2, -0.15) is 0 Å². The molecule has 0 saturated heterocycles. The van der Waals surface area contributed by atoms with Crippen molar-refractivity contribution in [2.45, 2.75) is 20.0 Å². The van der Waals surface area contributed by atoms with Crippen LogP contribution in [0.15, 0.2) is 24.3 Å². The molecule has 96 valence electrons. The quantitative estimate of drug-likeness (QED) is 0.868. The normalized spacial score (nSPS) is 10.6. The second kappa shape index (κ2) is 6.47. The average molecular weight is 263 g/mol. The fraction of sp³-hybridized carbons (Fsp3) is 0.385. The molecule has 0 bridgehead atoms. The number of aryl methyl sites for hydroxylation is 1. The monoisotopic (exact) mass is 263 g/mol. The molecule has 0 aliphatic rings. The third kappa shape index (κ3) is 3.78. The first-order valence-electron chi connectivity index (χ1n) is 5.93. The van der Waals surface area contributed by atoms with E-state index in [0.717, 1.165) is 28.7 Å². The molecule has 0 amide bonds. The zero-order valence-electron chi connectivity index (χ0n) is 10.6. The molecule has 1 aromatic carbocycles. The standard InChI is InChI=1S/C13H17N3OS/c1-10-3-5-11(6-4-10)17-9-13-16-15-12(18-13)7-8-14-2/h3-6,14H,7-9H2,1-2H3. The van der Waals surface area contributed by atoms with Crippen LogP contribution in [-0.2, 0) is 13.0 Å².